The van der Waals surface area contributed by atoms with Crippen LogP contribution in [-0.2, 0) is 4.79 Å². The fourth-order valence-corrected chi connectivity index (χ4v) is 2.29. The number of nitrogens with zero attached hydrogens (tertiary/aromatic N) is 1. The molecule has 0 spiro atoms. The Labute approximate surface area is 94.0 Å². The molecular formula is C13H25NO. The van der Waals surface area contributed by atoms with E-state index in [9.17, 15) is 4.79 Å². The normalized spacial score (nSPS) is 18.9. The van der Waals surface area contributed by atoms with Crippen LogP contribution >= 0.6 is 0 Å². The van der Waals surface area contributed by atoms with Gasteiger partial charge in [-0.1, -0.05) is 27.7 Å². The molecule has 1 aliphatic rings. The van der Waals surface area contributed by atoms with E-state index in [1.165, 1.54) is 12.8 Å². The summed E-state index contributed by atoms with van der Waals surface area (Å²) in [5.41, 5.74) is 0. The van der Waals surface area contributed by atoms with Gasteiger partial charge in [-0.25, -0.2) is 0 Å². The van der Waals surface area contributed by atoms with Gasteiger partial charge in [0.15, 0.2) is 0 Å². The van der Waals surface area contributed by atoms with E-state index in [1.807, 2.05) is 0 Å². The molecule has 1 aliphatic heterocycles. The number of rotatable bonds is 3. The number of carbonyl (C=O) groups is 1. The maximum Gasteiger partial charge on any atom is 0.222 e. The van der Waals surface area contributed by atoms with Crippen LogP contribution in [0, 0.1) is 17.8 Å². The molecule has 0 saturated carbocycles. The Morgan fingerprint density at radius 1 is 1.20 bits per heavy atom. The van der Waals surface area contributed by atoms with Gasteiger partial charge in [0.25, 0.3) is 0 Å². The lowest BCUT2D eigenvalue weighted by atomic mass is 9.86. The van der Waals surface area contributed by atoms with Crippen LogP contribution in [0.15, 0.2) is 0 Å². The van der Waals surface area contributed by atoms with Crippen LogP contribution in [0.5, 0.6) is 0 Å². The molecule has 0 N–H and O–H groups in total. The zero-order chi connectivity index (χ0) is 11.4. The summed E-state index contributed by atoms with van der Waals surface area (Å²) in [6.45, 7) is 10.8. The van der Waals surface area contributed by atoms with Crippen molar-refractivity contribution in [2.75, 3.05) is 13.1 Å². The molecule has 0 radical (unpaired) electrons. The predicted octanol–water partition coefficient (Wildman–Crippen LogP) is 2.93. The summed E-state index contributed by atoms with van der Waals surface area (Å²) in [4.78, 5) is 13.9. The predicted molar refractivity (Wildman–Crippen MR) is 63.6 cm³/mol. The molecule has 1 rings (SSSR count). The fraction of sp³-hybridized carbons (Fsp3) is 0.923. The van der Waals surface area contributed by atoms with E-state index >= 15 is 0 Å². The van der Waals surface area contributed by atoms with Gasteiger partial charge in [0.05, 0.1) is 0 Å². The summed E-state index contributed by atoms with van der Waals surface area (Å²) in [6.07, 6.45) is 3.11. The van der Waals surface area contributed by atoms with Gasteiger partial charge < -0.3 is 4.90 Å². The van der Waals surface area contributed by atoms with E-state index in [-0.39, 0.29) is 0 Å². The molecule has 1 amide bonds. The number of likely N-dealkylation sites (tertiary alicyclic amines) is 1. The number of carbonyl (C=O) groups excluding carboxylic acids is 1. The zero-order valence-electron chi connectivity index (χ0n) is 10.6. The van der Waals surface area contributed by atoms with E-state index in [1.54, 1.807) is 0 Å². The lowest BCUT2D eigenvalue weighted by Gasteiger charge is -2.34. The molecule has 88 valence electrons. The molecule has 0 atom stereocenters. The highest BCUT2D eigenvalue weighted by Gasteiger charge is 2.24. The Morgan fingerprint density at radius 2 is 1.73 bits per heavy atom. The topological polar surface area (TPSA) is 20.3 Å². The van der Waals surface area contributed by atoms with Gasteiger partial charge in [-0.05, 0) is 30.6 Å². The third-order valence-electron chi connectivity index (χ3n) is 3.42. The van der Waals surface area contributed by atoms with Gasteiger partial charge >= 0.3 is 0 Å². The Balaban J connectivity index is 2.34. The monoisotopic (exact) mass is 211 g/mol. The third kappa shape index (κ3) is 3.84. The third-order valence-corrected chi connectivity index (χ3v) is 3.42. The Kier molecular flexibility index (Phi) is 4.62. The number of hydrogen-bond acceptors (Lipinski definition) is 1. The molecule has 0 bridgehead atoms. The highest BCUT2D eigenvalue weighted by atomic mass is 16.2. The Bertz CT molecular complexity index is 203. The second-order valence-electron chi connectivity index (χ2n) is 5.56. The van der Waals surface area contributed by atoms with Gasteiger partial charge in [0.2, 0.25) is 5.91 Å². The SMILES string of the molecule is CC(C)CC(=O)N1CCC(C(C)C)CC1. The molecule has 15 heavy (non-hydrogen) atoms. The van der Waals surface area contributed by atoms with Crippen LogP contribution in [0.1, 0.15) is 47.0 Å². The first-order chi connectivity index (χ1) is 7.00. The molecule has 2 heteroatoms. The van der Waals surface area contributed by atoms with Crippen molar-refractivity contribution in [3.63, 3.8) is 0 Å². The highest BCUT2D eigenvalue weighted by Crippen LogP contribution is 2.24. The van der Waals surface area contributed by atoms with Crippen molar-refractivity contribution in [2.45, 2.75) is 47.0 Å². The first-order valence-electron chi connectivity index (χ1n) is 6.28. The maximum absolute atomic E-state index is 11.8. The number of hydrogen-bond donors (Lipinski definition) is 0. The van der Waals surface area contributed by atoms with Crippen molar-refractivity contribution in [3.05, 3.63) is 0 Å². The molecule has 1 fully saturated rings. The average Bonchev–Trinajstić information content (AvgIpc) is 2.17. The van der Waals surface area contributed by atoms with Gasteiger partial charge in [-0.3, -0.25) is 4.79 Å². The minimum absolute atomic E-state index is 0.354. The highest BCUT2D eigenvalue weighted by molar-refractivity contribution is 5.76. The minimum atomic E-state index is 0.354. The van der Waals surface area contributed by atoms with E-state index in [0.29, 0.717) is 18.2 Å². The summed E-state index contributed by atoms with van der Waals surface area (Å²) in [5.74, 6) is 2.44. The molecule has 0 aromatic heterocycles. The molecule has 1 heterocycles. The van der Waals surface area contributed by atoms with Gasteiger partial charge in [0.1, 0.15) is 0 Å². The summed E-state index contributed by atoms with van der Waals surface area (Å²) in [7, 11) is 0. The van der Waals surface area contributed by atoms with Gasteiger partial charge in [0, 0.05) is 19.5 Å². The largest absolute Gasteiger partial charge is 0.343 e. The zero-order valence-corrected chi connectivity index (χ0v) is 10.6. The van der Waals surface area contributed by atoms with Crippen molar-refractivity contribution in [2.24, 2.45) is 17.8 Å². The smallest absolute Gasteiger partial charge is 0.222 e. The lowest BCUT2D eigenvalue weighted by molar-refractivity contribution is -0.133. The maximum atomic E-state index is 11.8. The van der Waals surface area contributed by atoms with E-state index < -0.39 is 0 Å². The molecule has 0 unspecified atom stereocenters. The first kappa shape index (κ1) is 12.5. The van der Waals surface area contributed by atoms with Gasteiger partial charge in [-0.2, -0.15) is 0 Å². The summed E-state index contributed by atoms with van der Waals surface area (Å²) in [5, 5.41) is 0. The van der Waals surface area contributed by atoms with Crippen molar-refractivity contribution < 1.29 is 4.79 Å². The molecular weight excluding hydrogens is 186 g/mol. The quantitative estimate of drug-likeness (QED) is 0.703. The lowest BCUT2D eigenvalue weighted by Crippen LogP contribution is -2.39. The second-order valence-corrected chi connectivity index (χ2v) is 5.56. The van der Waals surface area contributed by atoms with Crippen molar-refractivity contribution >= 4 is 5.91 Å². The second kappa shape index (κ2) is 5.53. The molecule has 1 saturated heterocycles. The minimum Gasteiger partial charge on any atom is -0.343 e. The summed E-state index contributed by atoms with van der Waals surface area (Å²) >= 11 is 0. The Hall–Kier alpha value is -0.530. The summed E-state index contributed by atoms with van der Waals surface area (Å²) in [6, 6.07) is 0. The van der Waals surface area contributed by atoms with E-state index in [2.05, 4.69) is 32.6 Å². The molecule has 0 aliphatic carbocycles. The molecule has 0 aromatic carbocycles. The summed E-state index contributed by atoms with van der Waals surface area (Å²) < 4.78 is 0. The van der Waals surface area contributed by atoms with Crippen LogP contribution in [-0.4, -0.2) is 23.9 Å². The molecule has 2 nitrogen and oxygen atoms in total. The fourth-order valence-electron chi connectivity index (χ4n) is 2.29. The van der Waals surface area contributed by atoms with Crippen LogP contribution in [0.25, 0.3) is 0 Å². The average molecular weight is 211 g/mol. The van der Waals surface area contributed by atoms with Crippen LogP contribution in [0.4, 0.5) is 0 Å². The standard InChI is InChI=1S/C13H25NO/c1-10(2)9-13(15)14-7-5-12(6-8-14)11(3)4/h10-12H,5-9H2,1-4H3. The molecule has 0 aromatic rings. The van der Waals surface area contributed by atoms with Crippen LogP contribution in [0.3, 0.4) is 0 Å². The van der Waals surface area contributed by atoms with Crippen LogP contribution in [0.2, 0.25) is 0 Å². The number of piperidine rings is 1. The van der Waals surface area contributed by atoms with Gasteiger partial charge in [-0.15, -0.1) is 0 Å². The van der Waals surface area contributed by atoms with E-state index in [4.69, 9.17) is 0 Å². The van der Waals surface area contributed by atoms with Crippen molar-refractivity contribution in [1.29, 1.82) is 0 Å². The number of amides is 1. The Morgan fingerprint density at radius 3 is 2.13 bits per heavy atom. The van der Waals surface area contributed by atoms with Crippen LogP contribution < -0.4 is 0 Å². The van der Waals surface area contributed by atoms with E-state index in [0.717, 1.165) is 24.9 Å². The van der Waals surface area contributed by atoms with Crippen molar-refractivity contribution in [3.8, 4) is 0 Å². The first-order valence-corrected chi connectivity index (χ1v) is 6.28. The van der Waals surface area contributed by atoms with Crippen molar-refractivity contribution in [1.82, 2.24) is 4.90 Å².